The Balaban J connectivity index is 1.77. The van der Waals surface area contributed by atoms with Gasteiger partial charge in [0.15, 0.2) is 0 Å². The molecule has 3 rings (SSSR count). The summed E-state index contributed by atoms with van der Waals surface area (Å²) in [7, 11) is 3.55. The molecule has 2 aromatic carbocycles. The fourth-order valence-corrected chi connectivity index (χ4v) is 2.59. The lowest BCUT2D eigenvalue weighted by Gasteiger charge is -2.09. The number of hydrogen-bond acceptors (Lipinski definition) is 5. The van der Waals surface area contributed by atoms with Crippen molar-refractivity contribution in [2.45, 2.75) is 6.54 Å². The molecule has 0 bridgehead atoms. The van der Waals surface area contributed by atoms with Crippen molar-refractivity contribution in [2.24, 2.45) is 7.05 Å². The van der Waals surface area contributed by atoms with Gasteiger partial charge in [-0.1, -0.05) is 24.3 Å². The van der Waals surface area contributed by atoms with Crippen LogP contribution in [0.2, 0.25) is 0 Å². The van der Waals surface area contributed by atoms with Gasteiger partial charge in [0, 0.05) is 31.3 Å². The summed E-state index contributed by atoms with van der Waals surface area (Å²) in [4.78, 5) is 14.9. The van der Waals surface area contributed by atoms with E-state index < -0.39 is 4.92 Å². The van der Waals surface area contributed by atoms with Gasteiger partial charge in [0.25, 0.3) is 5.69 Å². The van der Waals surface area contributed by atoms with Crippen LogP contribution in [-0.2, 0) is 13.6 Å². The number of benzene rings is 2. The van der Waals surface area contributed by atoms with Crippen LogP contribution in [0, 0.1) is 10.1 Å². The molecule has 3 aromatic rings. The molecule has 25 heavy (non-hydrogen) atoms. The van der Waals surface area contributed by atoms with Crippen molar-refractivity contribution in [3.8, 4) is 17.0 Å². The van der Waals surface area contributed by atoms with E-state index in [9.17, 15) is 10.1 Å². The Morgan fingerprint density at radius 1 is 1.24 bits per heavy atom. The summed E-state index contributed by atoms with van der Waals surface area (Å²) in [6.45, 7) is 0.448. The van der Waals surface area contributed by atoms with Crippen LogP contribution in [0.4, 0.5) is 11.6 Å². The predicted molar refractivity (Wildman–Crippen MR) is 95.6 cm³/mol. The van der Waals surface area contributed by atoms with Crippen LogP contribution >= 0.6 is 0 Å². The highest BCUT2D eigenvalue weighted by atomic mass is 16.6. The molecule has 0 spiro atoms. The van der Waals surface area contributed by atoms with Gasteiger partial charge in [-0.05, 0) is 17.7 Å². The fraction of sp³-hybridized carbons (Fsp3) is 0.167. The third kappa shape index (κ3) is 3.60. The average molecular weight is 338 g/mol. The highest BCUT2D eigenvalue weighted by molar-refractivity contribution is 5.63. The van der Waals surface area contributed by atoms with E-state index in [4.69, 9.17) is 4.74 Å². The predicted octanol–water partition coefficient (Wildman–Crippen LogP) is 3.62. The number of ether oxygens (including phenoxy) is 1. The normalized spacial score (nSPS) is 10.5. The van der Waals surface area contributed by atoms with E-state index in [0.29, 0.717) is 12.5 Å². The number of non-ortho nitro benzene ring substituents is 1. The second-order valence-electron chi connectivity index (χ2n) is 5.54. The lowest BCUT2D eigenvalue weighted by atomic mass is 10.1. The molecule has 0 radical (unpaired) electrons. The first kappa shape index (κ1) is 16.5. The number of anilines is 1. The van der Waals surface area contributed by atoms with E-state index in [1.165, 1.54) is 6.07 Å². The molecule has 0 amide bonds. The molecule has 1 aromatic heterocycles. The van der Waals surface area contributed by atoms with Crippen LogP contribution in [0.15, 0.2) is 54.7 Å². The third-order valence-corrected chi connectivity index (χ3v) is 3.93. The Labute approximate surface area is 145 Å². The molecule has 0 aliphatic carbocycles. The maximum atomic E-state index is 10.9. The summed E-state index contributed by atoms with van der Waals surface area (Å²) in [5, 5.41) is 14.1. The van der Waals surface area contributed by atoms with Crippen LogP contribution in [-0.4, -0.2) is 21.6 Å². The number of hydrogen-bond donors (Lipinski definition) is 1. The Hall–Kier alpha value is -3.35. The summed E-state index contributed by atoms with van der Waals surface area (Å²) in [5.41, 5.74) is 2.84. The maximum Gasteiger partial charge on any atom is 0.269 e. The zero-order valence-electron chi connectivity index (χ0n) is 14.0. The van der Waals surface area contributed by atoms with Crippen molar-refractivity contribution in [1.82, 2.24) is 9.55 Å². The molecular weight excluding hydrogens is 320 g/mol. The van der Waals surface area contributed by atoms with Gasteiger partial charge in [-0.15, -0.1) is 0 Å². The van der Waals surface area contributed by atoms with E-state index in [1.807, 2.05) is 41.9 Å². The fourth-order valence-electron chi connectivity index (χ4n) is 2.59. The second-order valence-corrected chi connectivity index (χ2v) is 5.54. The zero-order chi connectivity index (χ0) is 17.8. The minimum atomic E-state index is -0.398. The molecule has 0 aliphatic rings. The van der Waals surface area contributed by atoms with E-state index >= 15 is 0 Å². The van der Waals surface area contributed by atoms with Gasteiger partial charge in [0.1, 0.15) is 5.75 Å². The van der Waals surface area contributed by atoms with Crippen molar-refractivity contribution in [2.75, 3.05) is 12.4 Å². The third-order valence-electron chi connectivity index (χ3n) is 3.93. The molecule has 1 N–H and O–H groups in total. The number of nitro benzene ring substituents is 1. The molecule has 0 saturated heterocycles. The number of nitrogens with one attached hydrogen (secondary N) is 1. The van der Waals surface area contributed by atoms with Crippen LogP contribution in [0.3, 0.4) is 0 Å². The highest BCUT2D eigenvalue weighted by Crippen LogP contribution is 2.25. The van der Waals surface area contributed by atoms with Crippen LogP contribution in [0.1, 0.15) is 5.56 Å². The summed E-state index contributed by atoms with van der Waals surface area (Å²) in [6.07, 6.45) is 1.78. The molecule has 128 valence electrons. The monoisotopic (exact) mass is 338 g/mol. The maximum absolute atomic E-state index is 10.9. The average Bonchev–Trinajstić information content (AvgIpc) is 3.01. The van der Waals surface area contributed by atoms with Gasteiger partial charge in [0.2, 0.25) is 5.95 Å². The number of nitro groups is 1. The second kappa shape index (κ2) is 7.04. The Kier molecular flexibility index (Phi) is 4.65. The summed E-state index contributed by atoms with van der Waals surface area (Å²) >= 11 is 0. The molecule has 1 heterocycles. The Bertz CT molecular complexity index is 905. The van der Waals surface area contributed by atoms with Crippen molar-refractivity contribution in [3.05, 3.63) is 70.4 Å². The molecule has 0 fully saturated rings. The highest BCUT2D eigenvalue weighted by Gasteiger charge is 2.10. The van der Waals surface area contributed by atoms with Gasteiger partial charge >= 0.3 is 0 Å². The van der Waals surface area contributed by atoms with E-state index in [0.717, 1.165) is 22.6 Å². The minimum absolute atomic E-state index is 0.0798. The molecule has 7 heteroatoms. The number of rotatable bonds is 6. The topological polar surface area (TPSA) is 82.2 Å². The lowest BCUT2D eigenvalue weighted by molar-refractivity contribution is -0.384. The first-order chi connectivity index (χ1) is 12.1. The molecule has 0 aliphatic heterocycles. The molecular formula is C18H18N4O3. The molecule has 0 unspecified atom stereocenters. The number of aromatic nitrogens is 2. The molecule has 0 atom stereocenters. The largest absolute Gasteiger partial charge is 0.497 e. The number of methoxy groups -OCH3 is 1. The summed E-state index contributed by atoms with van der Waals surface area (Å²) in [6, 6.07) is 14.3. The van der Waals surface area contributed by atoms with E-state index in [1.54, 1.807) is 25.4 Å². The number of imidazole rings is 1. The quantitative estimate of drug-likeness (QED) is 0.548. The standard InChI is InChI=1S/C18H18N4O3/c1-21-17(14-6-4-8-16(10-14)25-2)12-20-18(21)19-11-13-5-3-7-15(9-13)22(23)24/h3-10,12H,11H2,1-2H3,(H,19,20). The van der Waals surface area contributed by atoms with E-state index in [-0.39, 0.29) is 5.69 Å². The first-order valence-corrected chi connectivity index (χ1v) is 7.72. The van der Waals surface area contributed by atoms with Gasteiger partial charge in [0.05, 0.1) is 23.9 Å². The minimum Gasteiger partial charge on any atom is -0.497 e. The van der Waals surface area contributed by atoms with Gasteiger partial charge in [-0.25, -0.2) is 4.98 Å². The first-order valence-electron chi connectivity index (χ1n) is 7.72. The van der Waals surface area contributed by atoms with Crippen molar-refractivity contribution in [3.63, 3.8) is 0 Å². The summed E-state index contributed by atoms with van der Waals surface area (Å²) < 4.78 is 7.20. The van der Waals surface area contributed by atoms with E-state index in [2.05, 4.69) is 10.3 Å². The van der Waals surface area contributed by atoms with Crippen LogP contribution in [0.25, 0.3) is 11.3 Å². The van der Waals surface area contributed by atoms with Crippen LogP contribution < -0.4 is 10.1 Å². The van der Waals surface area contributed by atoms with Crippen LogP contribution in [0.5, 0.6) is 5.75 Å². The Morgan fingerprint density at radius 2 is 2.04 bits per heavy atom. The zero-order valence-corrected chi connectivity index (χ0v) is 14.0. The Morgan fingerprint density at radius 3 is 2.80 bits per heavy atom. The van der Waals surface area contributed by atoms with Crippen molar-refractivity contribution in [1.29, 1.82) is 0 Å². The van der Waals surface area contributed by atoms with Crippen molar-refractivity contribution >= 4 is 11.6 Å². The van der Waals surface area contributed by atoms with Gasteiger partial charge in [-0.3, -0.25) is 10.1 Å². The molecule has 0 saturated carbocycles. The van der Waals surface area contributed by atoms with Gasteiger partial charge < -0.3 is 14.6 Å². The summed E-state index contributed by atoms with van der Waals surface area (Å²) in [5.74, 6) is 1.47. The SMILES string of the molecule is COc1cccc(-c2cnc(NCc3cccc([N+](=O)[O-])c3)n2C)c1. The molecule has 7 nitrogen and oxygen atoms in total. The van der Waals surface area contributed by atoms with Crippen molar-refractivity contribution < 1.29 is 9.66 Å². The lowest BCUT2D eigenvalue weighted by Crippen LogP contribution is -2.06. The number of nitrogens with zero attached hydrogens (tertiary/aromatic N) is 3. The van der Waals surface area contributed by atoms with Gasteiger partial charge in [-0.2, -0.15) is 0 Å². The smallest absolute Gasteiger partial charge is 0.269 e.